The highest BCUT2D eigenvalue weighted by atomic mass is 16.5. The number of aromatic amines is 1. The zero-order chi connectivity index (χ0) is 16.6. The van der Waals surface area contributed by atoms with E-state index in [4.69, 9.17) is 9.84 Å². The molecule has 0 radical (unpaired) electrons. The second kappa shape index (κ2) is 5.86. The molecule has 4 aromatic rings. The molecule has 0 bridgehead atoms. The number of benzene rings is 1. The van der Waals surface area contributed by atoms with Crippen molar-refractivity contribution < 1.29 is 4.74 Å². The molecule has 0 atom stereocenters. The zero-order valence-corrected chi connectivity index (χ0v) is 13.6. The lowest BCUT2D eigenvalue weighted by atomic mass is 10.1. The Labute approximate surface area is 144 Å². The van der Waals surface area contributed by atoms with Gasteiger partial charge in [0.2, 0.25) is 0 Å². The molecular weight excluding hydrogens is 316 g/mol. The van der Waals surface area contributed by atoms with E-state index in [1.807, 2.05) is 35.1 Å². The third kappa shape index (κ3) is 2.62. The Morgan fingerprint density at radius 3 is 2.96 bits per heavy atom. The molecule has 1 saturated heterocycles. The number of rotatable bonds is 3. The van der Waals surface area contributed by atoms with Gasteiger partial charge in [0.1, 0.15) is 5.82 Å². The van der Waals surface area contributed by atoms with Crippen molar-refractivity contribution in [2.45, 2.75) is 18.9 Å². The minimum absolute atomic E-state index is 0.410. The number of fused-ring (bicyclic) bond motifs is 2. The number of hydrogen-bond acceptors (Lipinski definition) is 5. The van der Waals surface area contributed by atoms with E-state index in [-0.39, 0.29) is 0 Å². The van der Waals surface area contributed by atoms with Crippen LogP contribution in [0.15, 0.2) is 42.7 Å². The average Bonchev–Trinajstić information content (AvgIpc) is 3.28. The molecule has 2 N–H and O–H groups in total. The van der Waals surface area contributed by atoms with Crippen molar-refractivity contribution in [1.29, 1.82) is 0 Å². The van der Waals surface area contributed by atoms with Crippen LogP contribution < -0.4 is 5.32 Å². The van der Waals surface area contributed by atoms with Crippen molar-refractivity contribution in [3.63, 3.8) is 0 Å². The standard InChI is InChI=1S/C18H18N6O/c1-2-15-13(10-20-22-15)9-12(1)16-11-19-18-4-3-17(23-24(16)18)21-14-5-7-25-8-6-14/h1-4,9-11,14H,5-8H2,(H,20,22)(H,21,23). The molecule has 0 spiro atoms. The Bertz CT molecular complexity index is 1030. The van der Waals surface area contributed by atoms with Gasteiger partial charge in [0.05, 0.1) is 23.6 Å². The van der Waals surface area contributed by atoms with E-state index in [9.17, 15) is 0 Å². The second-order valence-corrected chi connectivity index (χ2v) is 6.34. The monoisotopic (exact) mass is 334 g/mol. The number of nitrogens with one attached hydrogen (secondary N) is 2. The molecular formula is C18H18N6O. The van der Waals surface area contributed by atoms with E-state index in [2.05, 4.69) is 32.6 Å². The highest BCUT2D eigenvalue weighted by Crippen LogP contribution is 2.24. The van der Waals surface area contributed by atoms with E-state index < -0.39 is 0 Å². The van der Waals surface area contributed by atoms with E-state index in [1.54, 1.807) is 0 Å². The fourth-order valence-corrected chi connectivity index (χ4v) is 3.30. The Hall–Kier alpha value is -2.93. The van der Waals surface area contributed by atoms with Gasteiger partial charge in [0, 0.05) is 30.2 Å². The maximum atomic E-state index is 5.42. The molecule has 1 aromatic carbocycles. The maximum Gasteiger partial charge on any atom is 0.154 e. The summed E-state index contributed by atoms with van der Waals surface area (Å²) in [5.74, 6) is 0.864. The summed E-state index contributed by atoms with van der Waals surface area (Å²) in [6.07, 6.45) is 5.71. The minimum atomic E-state index is 0.410. The highest BCUT2D eigenvalue weighted by Gasteiger charge is 2.15. The van der Waals surface area contributed by atoms with E-state index in [1.165, 1.54) is 0 Å². The summed E-state index contributed by atoms with van der Waals surface area (Å²) in [5.41, 5.74) is 3.89. The van der Waals surface area contributed by atoms with Crippen LogP contribution in [0, 0.1) is 0 Å². The number of aromatic nitrogens is 5. The van der Waals surface area contributed by atoms with Crippen LogP contribution in [0.2, 0.25) is 0 Å². The Balaban J connectivity index is 1.53. The van der Waals surface area contributed by atoms with Crippen LogP contribution >= 0.6 is 0 Å². The number of H-pyrrole nitrogens is 1. The van der Waals surface area contributed by atoms with Crippen LogP contribution in [0.25, 0.3) is 27.8 Å². The van der Waals surface area contributed by atoms with E-state index >= 15 is 0 Å². The molecule has 126 valence electrons. The SMILES string of the molecule is c1cc2[nH]ncc2cc1-c1cnc2ccc(NC3CCOCC3)nn12. The molecule has 7 heteroatoms. The third-order valence-corrected chi connectivity index (χ3v) is 4.67. The first kappa shape index (κ1) is 14.4. The van der Waals surface area contributed by atoms with Crippen LogP contribution in [0.1, 0.15) is 12.8 Å². The fourth-order valence-electron chi connectivity index (χ4n) is 3.30. The maximum absolute atomic E-state index is 5.42. The first-order valence-electron chi connectivity index (χ1n) is 8.49. The molecule has 1 aliphatic rings. The van der Waals surface area contributed by atoms with Gasteiger partial charge in [-0.3, -0.25) is 5.10 Å². The lowest BCUT2D eigenvalue weighted by Crippen LogP contribution is -2.28. The lowest BCUT2D eigenvalue weighted by Gasteiger charge is -2.23. The van der Waals surface area contributed by atoms with Crippen molar-refractivity contribution in [3.8, 4) is 11.3 Å². The average molecular weight is 334 g/mol. The predicted octanol–water partition coefficient (Wildman–Crippen LogP) is 2.86. The zero-order valence-electron chi connectivity index (χ0n) is 13.6. The van der Waals surface area contributed by atoms with E-state index in [0.717, 1.165) is 59.7 Å². The highest BCUT2D eigenvalue weighted by molar-refractivity contribution is 5.83. The molecule has 0 unspecified atom stereocenters. The molecule has 4 heterocycles. The Morgan fingerprint density at radius 2 is 2.04 bits per heavy atom. The van der Waals surface area contributed by atoms with Crippen LogP contribution in [-0.4, -0.2) is 44.1 Å². The third-order valence-electron chi connectivity index (χ3n) is 4.67. The summed E-state index contributed by atoms with van der Waals surface area (Å²) in [4.78, 5) is 4.48. The molecule has 25 heavy (non-hydrogen) atoms. The fraction of sp³-hybridized carbons (Fsp3) is 0.278. The van der Waals surface area contributed by atoms with Crippen molar-refractivity contribution >= 4 is 22.4 Å². The normalized spacial score (nSPS) is 15.8. The van der Waals surface area contributed by atoms with Crippen LogP contribution in [0.5, 0.6) is 0 Å². The minimum Gasteiger partial charge on any atom is -0.381 e. The first-order valence-corrected chi connectivity index (χ1v) is 8.49. The van der Waals surface area contributed by atoms with Crippen molar-refractivity contribution in [2.75, 3.05) is 18.5 Å². The molecule has 0 amide bonds. The number of imidazole rings is 1. The topological polar surface area (TPSA) is 80.1 Å². The molecule has 1 aliphatic heterocycles. The largest absolute Gasteiger partial charge is 0.381 e. The Kier molecular flexibility index (Phi) is 3.38. The molecule has 5 rings (SSSR count). The van der Waals surface area contributed by atoms with Gasteiger partial charge in [-0.15, -0.1) is 5.10 Å². The predicted molar refractivity (Wildman–Crippen MR) is 95.5 cm³/mol. The van der Waals surface area contributed by atoms with E-state index in [0.29, 0.717) is 6.04 Å². The lowest BCUT2D eigenvalue weighted by molar-refractivity contribution is 0.0903. The van der Waals surface area contributed by atoms with Gasteiger partial charge >= 0.3 is 0 Å². The van der Waals surface area contributed by atoms with Gasteiger partial charge in [-0.25, -0.2) is 9.50 Å². The molecule has 1 fully saturated rings. The van der Waals surface area contributed by atoms with Gasteiger partial charge in [-0.2, -0.15) is 5.10 Å². The molecule has 0 saturated carbocycles. The molecule has 3 aromatic heterocycles. The van der Waals surface area contributed by atoms with Crippen LogP contribution in [0.4, 0.5) is 5.82 Å². The van der Waals surface area contributed by atoms with Crippen molar-refractivity contribution in [1.82, 2.24) is 24.8 Å². The number of hydrogen-bond donors (Lipinski definition) is 2. The number of anilines is 1. The summed E-state index contributed by atoms with van der Waals surface area (Å²) in [6.45, 7) is 1.61. The van der Waals surface area contributed by atoms with Crippen molar-refractivity contribution in [3.05, 3.63) is 42.7 Å². The Morgan fingerprint density at radius 1 is 1.12 bits per heavy atom. The number of ether oxygens (including phenoxy) is 1. The van der Waals surface area contributed by atoms with Crippen molar-refractivity contribution in [2.24, 2.45) is 0 Å². The summed E-state index contributed by atoms with van der Waals surface area (Å²) in [7, 11) is 0. The smallest absolute Gasteiger partial charge is 0.154 e. The van der Waals surface area contributed by atoms with Gasteiger partial charge in [0.25, 0.3) is 0 Å². The summed E-state index contributed by atoms with van der Waals surface area (Å²) in [5, 5.41) is 16.4. The number of nitrogens with zero attached hydrogens (tertiary/aromatic N) is 4. The van der Waals surface area contributed by atoms with Gasteiger partial charge in [0.15, 0.2) is 5.65 Å². The second-order valence-electron chi connectivity index (χ2n) is 6.34. The quantitative estimate of drug-likeness (QED) is 0.602. The van der Waals surface area contributed by atoms with Gasteiger partial charge in [-0.1, -0.05) is 6.07 Å². The molecule has 0 aliphatic carbocycles. The van der Waals surface area contributed by atoms with Gasteiger partial charge in [-0.05, 0) is 37.1 Å². The summed E-state index contributed by atoms with van der Waals surface area (Å²) < 4.78 is 7.31. The van der Waals surface area contributed by atoms with Crippen LogP contribution in [0.3, 0.4) is 0 Å². The van der Waals surface area contributed by atoms with Crippen LogP contribution in [-0.2, 0) is 4.74 Å². The first-order chi connectivity index (χ1) is 12.4. The summed E-state index contributed by atoms with van der Waals surface area (Å²) >= 11 is 0. The van der Waals surface area contributed by atoms with Gasteiger partial charge < -0.3 is 10.1 Å². The molecule has 7 nitrogen and oxygen atoms in total. The summed E-state index contributed by atoms with van der Waals surface area (Å²) in [6, 6.07) is 10.6.